The Bertz CT molecular complexity index is 555. The molecule has 0 atom stereocenters. The van der Waals surface area contributed by atoms with Crippen molar-refractivity contribution in [3.63, 3.8) is 0 Å². The standard InChI is InChI=1S/C13H8ClIO2/c14-12-5-2-6-13(11(12)8-16)17-10-4-1-3-9(15)7-10/h1-8H. The largest absolute Gasteiger partial charge is 0.457 e. The Kier molecular flexibility index (Phi) is 4.02. The maximum Gasteiger partial charge on any atom is 0.155 e. The zero-order chi connectivity index (χ0) is 12.3. The average molecular weight is 359 g/mol. The normalized spacial score (nSPS) is 10.0. The van der Waals surface area contributed by atoms with Crippen LogP contribution in [0.3, 0.4) is 0 Å². The second kappa shape index (κ2) is 5.51. The number of aldehydes is 1. The molecule has 0 aliphatic rings. The molecule has 0 bridgehead atoms. The summed E-state index contributed by atoms with van der Waals surface area (Å²) in [7, 11) is 0. The van der Waals surface area contributed by atoms with E-state index in [2.05, 4.69) is 22.6 Å². The number of hydrogen-bond donors (Lipinski definition) is 0. The van der Waals surface area contributed by atoms with Crippen LogP contribution in [0, 0.1) is 3.57 Å². The zero-order valence-electron chi connectivity index (χ0n) is 8.69. The highest BCUT2D eigenvalue weighted by molar-refractivity contribution is 14.1. The number of carbonyl (C=O) groups is 1. The first-order valence-electron chi connectivity index (χ1n) is 4.88. The van der Waals surface area contributed by atoms with Crippen LogP contribution in [0.25, 0.3) is 0 Å². The summed E-state index contributed by atoms with van der Waals surface area (Å²) in [5.41, 5.74) is 0.369. The number of halogens is 2. The fraction of sp³-hybridized carbons (Fsp3) is 0. The molecule has 0 aliphatic heterocycles. The van der Waals surface area contributed by atoms with Gasteiger partial charge < -0.3 is 4.74 Å². The molecule has 0 saturated heterocycles. The molecule has 0 unspecified atom stereocenters. The van der Waals surface area contributed by atoms with E-state index >= 15 is 0 Å². The minimum atomic E-state index is 0.369. The van der Waals surface area contributed by atoms with Crippen molar-refractivity contribution in [2.45, 2.75) is 0 Å². The topological polar surface area (TPSA) is 26.3 Å². The van der Waals surface area contributed by atoms with Crippen LogP contribution in [0.2, 0.25) is 5.02 Å². The second-order valence-corrected chi connectivity index (χ2v) is 4.98. The van der Waals surface area contributed by atoms with Crippen molar-refractivity contribution in [1.29, 1.82) is 0 Å². The number of hydrogen-bond acceptors (Lipinski definition) is 2. The molecule has 0 aliphatic carbocycles. The summed E-state index contributed by atoms with van der Waals surface area (Å²) in [5.74, 6) is 1.15. The van der Waals surface area contributed by atoms with E-state index in [-0.39, 0.29) is 0 Å². The Morgan fingerprint density at radius 3 is 2.65 bits per heavy atom. The first kappa shape index (κ1) is 12.4. The third-order valence-electron chi connectivity index (χ3n) is 2.15. The Hall–Kier alpha value is -1.07. The molecule has 0 N–H and O–H groups in total. The molecule has 2 aromatic rings. The van der Waals surface area contributed by atoms with E-state index < -0.39 is 0 Å². The van der Waals surface area contributed by atoms with Crippen molar-refractivity contribution in [3.05, 3.63) is 56.6 Å². The van der Waals surface area contributed by atoms with Gasteiger partial charge >= 0.3 is 0 Å². The van der Waals surface area contributed by atoms with Crippen molar-refractivity contribution in [2.24, 2.45) is 0 Å². The van der Waals surface area contributed by atoms with Gasteiger partial charge in [-0.1, -0.05) is 23.7 Å². The molecular formula is C13H8ClIO2. The maximum absolute atomic E-state index is 10.9. The van der Waals surface area contributed by atoms with Gasteiger partial charge in [-0.3, -0.25) is 4.79 Å². The lowest BCUT2D eigenvalue weighted by atomic mass is 10.2. The van der Waals surface area contributed by atoms with Gasteiger partial charge in [-0.15, -0.1) is 0 Å². The van der Waals surface area contributed by atoms with Gasteiger partial charge in [0.05, 0.1) is 10.6 Å². The molecule has 0 radical (unpaired) electrons. The van der Waals surface area contributed by atoms with E-state index in [9.17, 15) is 4.79 Å². The molecule has 0 fully saturated rings. The van der Waals surface area contributed by atoms with Crippen LogP contribution in [0.4, 0.5) is 0 Å². The van der Waals surface area contributed by atoms with Crippen LogP contribution in [-0.2, 0) is 0 Å². The van der Waals surface area contributed by atoms with Crippen molar-refractivity contribution >= 4 is 40.5 Å². The minimum Gasteiger partial charge on any atom is -0.457 e. The summed E-state index contributed by atoms with van der Waals surface area (Å²) in [6.07, 6.45) is 0.700. The number of rotatable bonds is 3. The van der Waals surface area contributed by atoms with Gasteiger partial charge in [-0.05, 0) is 52.9 Å². The van der Waals surface area contributed by atoms with Gasteiger partial charge in [0.2, 0.25) is 0 Å². The molecule has 2 nitrogen and oxygen atoms in total. The predicted octanol–water partition coefficient (Wildman–Crippen LogP) is 4.55. The molecule has 0 heterocycles. The van der Waals surface area contributed by atoms with Gasteiger partial charge in [0.15, 0.2) is 6.29 Å². The maximum atomic E-state index is 10.9. The highest BCUT2D eigenvalue weighted by Crippen LogP contribution is 2.29. The molecule has 2 aromatic carbocycles. The monoisotopic (exact) mass is 358 g/mol. The van der Waals surface area contributed by atoms with E-state index in [1.165, 1.54) is 0 Å². The third kappa shape index (κ3) is 2.98. The van der Waals surface area contributed by atoms with Crippen LogP contribution in [0.5, 0.6) is 11.5 Å². The Labute approximate surface area is 118 Å². The predicted molar refractivity (Wildman–Crippen MR) is 76.1 cm³/mol. The summed E-state index contributed by atoms with van der Waals surface area (Å²) >= 11 is 8.11. The van der Waals surface area contributed by atoms with E-state index in [1.807, 2.05) is 24.3 Å². The molecule has 2 rings (SSSR count). The minimum absolute atomic E-state index is 0.369. The number of ether oxygens (including phenoxy) is 1. The van der Waals surface area contributed by atoms with Gasteiger partial charge in [0.1, 0.15) is 11.5 Å². The summed E-state index contributed by atoms with van der Waals surface area (Å²) in [5, 5.41) is 0.392. The number of benzene rings is 2. The SMILES string of the molecule is O=Cc1c(Cl)cccc1Oc1cccc(I)c1. The molecular weight excluding hydrogens is 350 g/mol. The van der Waals surface area contributed by atoms with Crippen molar-refractivity contribution in [1.82, 2.24) is 0 Å². The molecule has 0 saturated carbocycles. The second-order valence-electron chi connectivity index (χ2n) is 3.33. The van der Waals surface area contributed by atoms with Crippen LogP contribution in [0.1, 0.15) is 10.4 Å². The summed E-state index contributed by atoms with van der Waals surface area (Å²) in [6.45, 7) is 0. The molecule has 0 aromatic heterocycles. The Morgan fingerprint density at radius 2 is 1.94 bits per heavy atom. The molecule has 4 heteroatoms. The lowest BCUT2D eigenvalue weighted by Crippen LogP contribution is -1.91. The first-order valence-corrected chi connectivity index (χ1v) is 6.33. The van der Waals surface area contributed by atoms with E-state index in [4.69, 9.17) is 16.3 Å². The van der Waals surface area contributed by atoms with E-state index in [0.29, 0.717) is 28.4 Å². The van der Waals surface area contributed by atoms with Crippen LogP contribution in [0.15, 0.2) is 42.5 Å². The van der Waals surface area contributed by atoms with Crippen LogP contribution >= 0.6 is 34.2 Å². The molecule has 17 heavy (non-hydrogen) atoms. The van der Waals surface area contributed by atoms with Gasteiger partial charge in [0.25, 0.3) is 0 Å². The summed E-state index contributed by atoms with van der Waals surface area (Å²) in [6, 6.07) is 12.7. The first-order chi connectivity index (χ1) is 8.20. The fourth-order valence-corrected chi connectivity index (χ4v) is 2.10. The fourth-order valence-electron chi connectivity index (χ4n) is 1.38. The van der Waals surface area contributed by atoms with Crippen molar-refractivity contribution < 1.29 is 9.53 Å². The van der Waals surface area contributed by atoms with E-state index in [0.717, 1.165) is 3.57 Å². The highest BCUT2D eigenvalue weighted by Gasteiger charge is 2.08. The van der Waals surface area contributed by atoms with Crippen LogP contribution < -0.4 is 4.74 Å². The summed E-state index contributed by atoms with van der Waals surface area (Å²) < 4.78 is 6.71. The smallest absolute Gasteiger partial charge is 0.155 e. The molecule has 0 amide bonds. The lowest BCUT2D eigenvalue weighted by Gasteiger charge is -2.08. The average Bonchev–Trinajstić information content (AvgIpc) is 2.29. The highest BCUT2D eigenvalue weighted by atomic mass is 127. The summed E-state index contributed by atoms with van der Waals surface area (Å²) in [4.78, 5) is 10.9. The molecule has 0 spiro atoms. The van der Waals surface area contributed by atoms with Crippen molar-refractivity contribution in [3.8, 4) is 11.5 Å². The van der Waals surface area contributed by atoms with Gasteiger partial charge in [-0.2, -0.15) is 0 Å². The van der Waals surface area contributed by atoms with Crippen molar-refractivity contribution in [2.75, 3.05) is 0 Å². The van der Waals surface area contributed by atoms with Crippen LogP contribution in [-0.4, -0.2) is 6.29 Å². The number of carbonyl (C=O) groups excluding carboxylic acids is 1. The third-order valence-corrected chi connectivity index (χ3v) is 3.16. The lowest BCUT2D eigenvalue weighted by molar-refractivity contribution is 0.112. The van der Waals surface area contributed by atoms with Gasteiger partial charge in [-0.25, -0.2) is 0 Å². The Morgan fingerprint density at radius 1 is 1.18 bits per heavy atom. The van der Waals surface area contributed by atoms with E-state index in [1.54, 1.807) is 18.2 Å². The zero-order valence-corrected chi connectivity index (χ0v) is 11.6. The van der Waals surface area contributed by atoms with Gasteiger partial charge in [0, 0.05) is 3.57 Å². The Balaban J connectivity index is 2.36. The molecule has 86 valence electrons. The quantitative estimate of drug-likeness (QED) is 0.594.